The number of hydrogen-bond donors (Lipinski definition) is 0. The monoisotopic (exact) mass is 500 g/mol. The molecule has 0 saturated heterocycles. The van der Waals surface area contributed by atoms with Crippen molar-refractivity contribution in [1.29, 1.82) is 0 Å². The zero-order valence-corrected chi connectivity index (χ0v) is 20.8. The van der Waals surface area contributed by atoms with Gasteiger partial charge in [-0.25, -0.2) is 4.99 Å². The number of aromatic nitrogens is 1. The average Bonchev–Trinajstić information content (AvgIpc) is 3.07. The Labute approximate surface area is 200 Å². The molecule has 3 rings (SSSR count). The summed E-state index contributed by atoms with van der Waals surface area (Å²) in [4.78, 5) is 17.7. The number of thiocarbonyl (C=S) groups is 1. The van der Waals surface area contributed by atoms with Crippen LogP contribution in [0.3, 0.4) is 0 Å². The Kier molecular flexibility index (Phi) is 7.10. The molecule has 0 amide bonds. The second-order valence-electron chi connectivity index (χ2n) is 9.22. The van der Waals surface area contributed by atoms with Crippen LogP contribution in [-0.2, 0) is 27.7 Å². The predicted molar refractivity (Wildman–Crippen MR) is 125 cm³/mol. The molecule has 1 saturated carbocycles. The van der Waals surface area contributed by atoms with E-state index in [1.54, 1.807) is 0 Å². The van der Waals surface area contributed by atoms with E-state index in [0.29, 0.717) is 11.3 Å². The zero-order chi connectivity index (χ0) is 24.6. The molecule has 1 aliphatic carbocycles. The number of methoxy groups -OCH3 is 1. The molecule has 0 bridgehead atoms. The highest BCUT2D eigenvalue weighted by molar-refractivity contribution is 7.80. The number of thiazole rings is 1. The molecule has 1 aliphatic rings. The highest BCUT2D eigenvalue weighted by Crippen LogP contribution is 2.38. The molecule has 1 aromatic carbocycles. The third-order valence-corrected chi connectivity index (χ3v) is 7.25. The molecule has 0 atom stereocenters. The van der Waals surface area contributed by atoms with Gasteiger partial charge in [0, 0.05) is 18.0 Å². The molecule has 5 nitrogen and oxygen atoms in total. The molecule has 0 radical (unpaired) electrons. The van der Waals surface area contributed by atoms with Crippen molar-refractivity contribution >= 4 is 34.5 Å². The Hall–Kier alpha value is -2.20. The van der Waals surface area contributed by atoms with Gasteiger partial charge in [-0.15, -0.1) is 11.3 Å². The molecule has 0 aliphatic heterocycles. The Morgan fingerprint density at radius 3 is 2.42 bits per heavy atom. The minimum Gasteiger partial charge on any atom is -0.496 e. The third-order valence-electron chi connectivity index (χ3n) is 5.50. The summed E-state index contributed by atoms with van der Waals surface area (Å²) < 4.78 is 52.6. The second kappa shape index (κ2) is 9.21. The van der Waals surface area contributed by atoms with E-state index in [1.165, 1.54) is 31.4 Å². The van der Waals surface area contributed by atoms with Crippen molar-refractivity contribution in [3.8, 4) is 5.75 Å². The fourth-order valence-electron chi connectivity index (χ4n) is 3.60. The molecule has 2 aromatic rings. The quantitative estimate of drug-likeness (QED) is 0.394. The Balaban J connectivity index is 2.08. The van der Waals surface area contributed by atoms with E-state index in [-0.39, 0.29) is 27.7 Å². The summed E-state index contributed by atoms with van der Waals surface area (Å²) in [5.74, 6) is -0.129. The first-order valence-corrected chi connectivity index (χ1v) is 11.7. The van der Waals surface area contributed by atoms with Gasteiger partial charge in [0.25, 0.3) is 0 Å². The van der Waals surface area contributed by atoms with Crippen LogP contribution >= 0.6 is 23.6 Å². The number of nitrogens with zero attached hydrogens (tertiary/aromatic N) is 2. The fourth-order valence-corrected chi connectivity index (χ4v) is 4.96. The van der Waals surface area contributed by atoms with Gasteiger partial charge in [0.2, 0.25) is 0 Å². The first-order chi connectivity index (χ1) is 15.2. The summed E-state index contributed by atoms with van der Waals surface area (Å²) in [6.07, 6.45) is -0.119. The molecular weight excluding hydrogens is 473 g/mol. The molecule has 1 heterocycles. The standard InChI is InChI=1S/C23H27F3N2O3S2/c1-14(29)31-22(9-6-10-22)13-28-12-18(21(2,3)4)33-20(28)27-19(32)16-11-15(23(24,25)26)7-8-17(16)30-5/h7-8,11-12H,6,9-10,13H2,1-5H3/b27-20-. The maximum Gasteiger partial charge on any atom is 0.416 e. The number of rotatable bonds is 5. The van der Waals surface area contributed by atoms with Crippen LogP contribution < -0.4 is 9.54 Å². The van der Waals surface area contributed by atoms with Crippen LogP contribution in [0.25, 0.3) is 0 Å². The Bertz CT molecular complexity index is 1120. The van der Waals surface area contributed by atoms with Crippen LogP contribution in [0.4, 0.5) is 13.2 Å². The number of carbonyl (C=O) groups is 1. The van der Waals surface area contributed by atoms with Crippen LogP contribution in [0.5, 0.6) is 5.75 Å². The van der Waals surface area contributed by atoms with E-state index < -0.39 is 17.3 Å². The van der Waals surface area contributed by atoms with Gasteiger partial charge in [-0.3, -0.25) is 4.79 Å². The zero-order valence-electron chi connectivity index (χ0n) is 19.2. The van der Waals surface area contributed by atoms with Gasteiger partial charge < -0.3 is 14.0 Å². The lowest BCUT2D eigenvalue weighted by molar-refractivity contribution is -0.169. The van der Waals surface area contributed by atoms with Crippen molar-refractivity contribution in [2.24, 2.45) is 4.99 Å². The molecule has 0 N–H and O–H groups in total. The van der Waals surface area contributed by atoms with Crippen molar-refractivity contribution in [2.75, 3.05) is 7.11 Å². The van der Waals surface area contributed by atoms with Gasteiger partial charge in [-0.05, 0) is 42.9 Å². The highest BCUT2D eigenvalue weighted by atomic mass is 32.1. The molecule has 0 unspecified atom stereocenters. The minimum absolute atomic E-state index is 0.0100. The van der Waals surface area contributed by atoms with E-state index in [9.17, 15) is 18.0 Å². The van der Waals surface area contributed by atoms with Gasteiger partial charge in [0.15, 0.2) is 4.80 Å². The largest absolute Gasteiger partial charge is 0.496 e. The van der Waals surface area contributed by atoms with Gasteiger partial charge in [-0.1, -0.05) is 33.0 Å². The number of alkyl halides is 3. The first kappa shape index (κ1) is 25.4. The number of ether oxygens (including phenoxy) is 2. The summed E-state index contributed by atoms with van der Waals surface area (Å²) >= 11 is 6.86. The smallest absolute Gasteiger partial charge is 0.416 e. The van der Waals surface area contributed by atoms with Crippen molar-refractivity contribution in [2.45, 2.75) is 70.7 Å². The van der Waals surface area contributed by atoms with Crippen LogP contribution in [0.15, 0.2) is 29.4 Å². The number of hydrogen-bond acceptors (Lipinski definition) is 5. The van der Waals surface area contributed by atoms with Gasteiger partial charge in [0.05, 0.1) is 24.8 Å². The lowest BCUT2D eigenvalue weighted by atomic mass is 9.80. The number of halogens is 3. The maximum atomic E-state index is 13.3. The summed E-state index contributed by atoms with van der Waals surface area (Å²) in [7, 11) is 1.37. The van der Waals surface area contributed by atoms with Gasteiger partial charge in [0.1, 0.15) is 16.3 Å². The fraction of sp³-hybridized carbons (Fsp3) is 0.522. The number of benzene rings is 1. The van der Waals surface area contributed by atoms with Crippen molar-refractivity contribution < 1.29 is 27.4 Å². The lowest BCUT2D eigenvalue weighted by Crippen LogP contribution is -2.46. The first-order valence-electron chi connectivity index (χ1n) is 10.5. The molecule has 10 heteroatoms. The molecule has 33 heavy (non-hydrogen) atoms. The summed E-state index contributed by atoms with van der Waals surface area (Å²) in [5.41, 5.74) is -1.51. The molecule has 1 fully saturated rings. The van der Waals surface area contributed by atoms with Crippen molar-refractivity contribution in [3.05, 3.63) is 45.2 Å². The summed E-state index contributed by atoms with van der Waals surface area (Å²) in [6, 6.07) is 3.15. The van der Waals surface area contributed by atoms with E-state index in [0.717, 1.165) is 36.3 Å². The summed E-state index contributed by atoms with van der Waals surface area (Å²) in [5, 5.41) is 0. The predicted octanol–water partition coefficient (Wildman–Crippen LogP) is 5.64. The lowest BCUT2D eigenvalue weighted by Gasteiger charge is -2.40. The topological polar surface area (TPSA) is 52.8 Å². The van der Waals surface area contributed by atoms with Gasteiger partial charge in [-0.2, -0.15) is 13.2 Å². The normalized spacial score (nSPS) is 16.3. The molecule has 1 aromatic heterocycles. The SMILES string of the molecule is COc1ccc(C(F)(F)F)cc1C(=S)/N=c1\sc(C(C)(C)C)cn1CC1(OC(C)=O)CCC1. The molecule has 0 spiro atoms. The van der Waals surface area contributed by atoms with Crippen LogP contribution in [0.1, 0.15) is 63.0 Å². The van der Waals surface area contributed by atoms with E-state index in [1.807, 2.05) is 10.8 Å². The summed E-state index contributed by atoms with van der Waals surface area (Å²) in [6.45, 7) is 7.98. The van der Waals surface area contributed by atoms with Crippen LogP contribution in [0, 0.1) is 0 Å². The number of carbonyl (C=O) groups excluding carboxylic acids is 1. The van der Waals surface area contributed by atoms with Crippen molar-refractivity contribution in [3.63, 3.8) is 0 Å². The van der Waals surface area contributed by atoms with E-state index in [2.05, 4.69) is 25.8 Å². The molecule has 180 valence electrons. The average molecular weight is 501 g/mol. The van der Waals surface area contributed by atoms with Crippen LogP contribution in [0.2, 0.25) is 0 Å². The minimum atomic E-state index is -4.51. The molecular formula is C23H27F3N2O3S2. The maximum absolute atomic E-state index is 13.3. The highest BCUT2D eigenvalue weighted by Gasteiger charge is 2.41. The van der Waals surface area contributed by atoms with Gasteiger partial charge >= 0.3 is 12.1 Å². The second-order valence-corrected chi connectivity index (χ2v) is 10.6. The Morgan fingerprint density at radius 1 is 1.27 bits per heavy atom. The van der Waals surface area contributed by atoms with E-state index >= 15 is 0 Å². The Morgan fingerprint density at radius 2 is 1.94 bits per heavy atom. The number of esters is 1. The van der Waals surface area contributed by atoms with E-state index in [4.69, 9.17) is 21.7 Å². The van der Waals surface area contributed by atoms with Crippen LogP contribution in [-0.4, -0.2) is 28.2 Å². The third kappa shape index (κ3) is 5.84. The van der Waals surface area contributed by atoms with Crippen molar-refractivity contribution in [1.82, 2.24) is 4.57 Å².